The van der Waals surface area contributed by atoms with Gasteiger partial charge in [0.25, 0.3) is 0 Å². The fraction of sp³-hybridized carbons (Fsp3) is 0.953. The number of ether oxygens (including phenoxy) is 4. The van der Waals surface area contributed by atoms with Crippen molar-refractivity contribution < 1.29 is 80.2 Å². The number of phosphoric ester groups is 2. The number of carbonyl (C=O) groups is 4. The fourth-order valence-electron chi connectivity index (χ4n) is 13.3. The predicted octanol–water partition coefficient (Wildman–Crippen LogP) is 26.1. The van der Waals surface area contributed by atoms with Gasteiger partial charge < -0.3 is 33.8 Å². The summed E-state index contributed by atoms with van der Waals surface area (Å²) in [6.07, 6.45) is 73.6. The molecule has 0 aliphatic rings. The Morgan fingerprint density at radius 1 is 0.231 bits per heavy atom. The highest BCUT2D eigenvalue weighted by Gasteiger charge is 2.30. The van der Waals surface area contributed by atoms with Gasteiger partial charge in [-0.15, -0.1) is 0 Å². The molecule has 0 radical (unpaired) electrons. The van der Waals surface area contributed by atoms with E-state index < -0.39 is 97.5 Å². The summed E-state index contributed by atoms with van der Waals surface area (Å²) in [5.41, 5.74) is 0. The SMILES string of the molecule is CCCCCCCCCCCCCCCCCCCCCC(=O)OC[C@H](COP(=O)(O)OC[C@@H](O)COP(=O)(O)OC[C@@H](COC(=O)CCCCCCCCCCCC)OC(=O)CCCCCCCCCCCCCCCCCC)OC(=O)CCCCCCCCCCCCCCCCCCCCC. The highest BCUT2D eigenvalue weighted by molar-refractivity contribution is 7.47. The lowest BCUT2D eigenvalue weighted by Gasteiger charge is -2.21. The molecule has 0 saturated carbocycles. The summed E-state index contributed by atoms with van der Waals surface area (Å²) >= 11 is 0. The molecule has 0 spiro atoms. The molecule has 0 heterocycles. The molecule has 0 bridgehead atoms. The Morgan fingerprint density at radius 3 is 0.567 bits per heavy atom. The third kappa shape index (κ3) is 78.2. The standard InChI is InChI=1S/C85H166O17P2/c1-5-9-13-17-21-25-29-32-35-38-40-42-45-47-50-54-58-62-66-70-83(88)96-76-81(102-85(90)72-68-64-60-56-52-49-46-43-41-39-36-33-30-26-22-18-14-10-6-2)78-100-104(93,94)98-74-79(86)73-97-103(91,92)99-77-80(75-95-82(87)69-65-61-57-53-28-24-20-16-12-8-4)101-84(89)71-67-63-59-55-51-48-44-37-34-31-27-23-19-15-11-7-3/h79-81,86H,5-78H2,1-4H3,(H,91,92)(H,93,94)/t79-,80+,81+/m0/s1. The van der Waals surface area contributed by atoms with E-state index in [0.717, 1.165) is 89.9 Å². The van der Waals surface area contributed by atoms with Gasteiger partial charge in [0.15, 0.2) is 12.2 Å². The van der Waals surface area contributed by atoms with Crippen LogP contribution in [0, 0.1) is 0 Å². The topological polar surface area (TPSA) is 237 Å². The number of aliphatic hydroxyl groups excluding tert-OH is 1. The zero-order chi connectivity index (χ0) is 76.0. The number of hydrogen-bond donors (Lipinski definition) is 3. The van der Waals surface area contributed by atoms with E-state index in [-0.39, 0.29) is 25.7 Å². The molecule has 0 amide bonds. The van der Waals surface area contributed by atoms with Gasteiger partial charge in [0, 0.05) is 25.7 Å². The average Bonchev–Trinajstić information content (AvgIpc) is 0.917. The third-order valence-corrected chi connectivity index (χ3v) is 22.0. The average molecular weight is 1520 g/mol. The van der Waals surface area contributed by atoms with Crippen LogP contribution in [0.1, 0.15) is 464 Å². The summed E-state index contributed by atoms with van der Waals surface area (Å²) in [5, 5.41) is 10.7. The molecule has 19 heteroatoms. The Bertz CT molecular complexity index is 1960. The maximum Gasteiger partial charge on any atom is 0.472 e. The van der Waals surface area contributed by atoms with E-state index in [9.17, 15) is 43.2 Å². The van der Waals surface area contributed by atoms with Crippen molar-refractivity contribution in [1.82, 2.24) is 0 Å². The lowest BCUT2D eigenvalue weighted by atomic mass is 10.0. The van der Waals surface area contributed by atoms with Gasteiger partial charge in [-0.05, 0) is 25.7 Å². The minimum atomic E-state index is -4.96. The Morgan fingerprint density at radius 2 is 0.385 bits per heavy atom. The Labute approximate surface area is 638 Å². The molecule has 2 unspecified atom stereocenters. The normalized spacial score (nSPS) is 13.7. The number of esters is 4. The first-order valence-electron chi connectivity index (χ1n) is 44.3. The quantitative estimate of drug-likeness (QED) is 0.0222. The lowest BCUT2D eigenvalue weighted by Crippen LogP contribution is -2.30. The van der Waals surface area contributed by atoms with E-state index in [1.807, 2.05) is 0 Å². The zero-order valence-corrected chi connectivity index (χ0v) is 69.8. The van der Waals surface area contributed by atoms with Gasteiger partial charge in [0.2, 0.25) is 0 Å². The third-order valence-electron chi connectivity index (χ3n) is 20.1. The first-order chi connectivity index (χ1) is 50.7. The van der Waals surface area contributed by atoms with Gasteiger partial charge in [-0.2, -0.15) is 0 Å². The molecule has 0 rings (SSSR count). The van der Waals surface area contributed by atoms with E-state index in [4.69, 9.17) is 37.0 Å². The summed E-state index contributed by atoms with van der Waals surface area (Å²) in [7, 11) is -9.92. The molecule has 17 nitrogen and oxygen atoms in total. The van der Waals surface area contributed by atoms with Crippen LogP contribution in [0.4, 0.5) is 0 Å². The highest BCUT2D eigenvalue weighted by atomic mass is 31.2. The van der Waals surface area contributed by atoms with Gasteiger partial charge in [-0.3, -0.25) is 37.3 Å². The van der Waals surface area contributed by atoms with Crippen LogP contribution in [0.5, 0.6) is 0 Å². The van der Waals surface area contributed by atoms with Crippen molar-refractivity contribution in [3.05, 3.63) is 0 Å². The van der Waals surface area contributed by atoms with E-state index in [1.165, 1.54) is 295 Å². The number of unbranched alkanes of at least 4 members (excludes halogenated alkanes) is 60. The largest absolute Gasteiger partial charge is 0.472 e. The molecule has 0 aromatic rings. The number of hydrogen-bond acceptors (Lipinski definition) is 15. The van der Waals surface area contributed by atoms with Gasteiger partial charge in [-0.1, -0.05) is 413 Å². The van der Waals surface area contributed by atoms with Crippen molar-refractivity contribution in [2.24, 2.45) is 0 Å². The Balaban J connectivity index is 5.22. The van der Waals surface area contributed by atoms with Gasteiger partial charge >= 0.3 is 39.5 Å². The number of rotatable bonds is 86. The first kappa shape index (κ1) is 102. The molecule has 5 atom stereocenters. The lowest BCUT2D eigenvalue weighted by molar-refractivity contribution is -0.161. The van der Waals surface area contributed by atoms with Crippen LogP contribution in [-0.4, -0.2) is 96.7 Å². The molecule has 0 aromatic carbocycles. The summed E-state index contributed by atoms with van der Waals surface area (Å²) in [4.78, 5) is 73.2. The molecule has 0 aliphatic heterocycles. The van der Waals surface area contributed by atoms with Crippen molar-refractivity contribution in [2.75, 3.05) is 39.6 Å². The van der Waals surface area contributed by atoms with Crippen LogP contribution in [0.2, 0.25) is 0 Å². The van der Waals surface area contributed by atoms with Crippen LogP contribution in [-0.2, 0) is 65.4 Å². The molecule has 618 valence electrons. The Hall–Kier alpha value is -1.94. The van der Waals surface area contributed by atoms with Crippen LogP contribution in [0.25, 0.3) is 0 Å². The van der Waals surface area contributed by atoms with Crippen LogP contribution in [0.15, 0.2) is 0 Å². The van der Waals surface area contributed by atoms with Gasteiger partial charge in [0.05, 0.1) is 26.4 Å². The number of phosphoric acid groups is 2. The smallest absolute Gasteiger partial charge is 0.462 e. The highest BCUT2D eigenvalue weighted by Crippen LogP contribution is 2.45. The van der Waals surface area contributed by atoms with Crippen molar-refractivity contribution in [2.45, 2.75) is 483 Å². The van der Waals surface area contributed by atoms with Gasteiger partial charge in [0.1, 0.15) is 19.3 Å². The Kier molecular flexibility index (Phi) is 77.7. The second-order valence-electron chi connectivity index (χ2n) is 30.6. The molecule has 3 N–H and O–H groups in total. The van der Waals surface area contributed by atoms with Crippen molar-refractivity contribution in [1.29, 1.82) is 0 Å². The predicted molar refractivity (Wildman–Crippen MR) is 428 cm³/mol. The zero-order valence-electron chi connectivity index (χ0n) is 68.0. The maximum absolute atomic E-state index is 13.1. The van der Waals surface area contributed by atoms with Crippen molar-refractivity contribution in [3.63, 3.8) is 0 Å². The molecule has 0 aromatic heterocycles. The van der Waals surface area contributed by atoms with E-state index in [1.54, 1.807) is 0 Å². The second-order valence-corrected chi connectivity index (χ2v) is 33.5. The van der Waals surface area contributed by atoms with E-state index in [0.29, 0.717) is 25.7 Å². The molecule has 0 saturated heterocycles. The van der Waals surface area contributed by atoms with Crippen molar-refractivity contribution in [3.8, 4) is 0 Å². The molecule has 0 aliphatic carbocycles. The van der Waals surface area contributed by atoms with Gasteiger partial charge in [-0.25, -0.2) is 9.13 Å². The van der Waals surface area contributed by atoms with E-state index >= 15 is 0 Å². The van der Waals surface area contributed by atoms with Crippen LogP contribution in [0.3, 0.4) is 0 Å². The minimum Gasteiger partial charge on any atom is -0.462 e. The maximum atomic E-state index is 13.1. The second kappa shape index (κ2) is 79.2. The first-order valence-corrected chi connectivity index (χ1v) is 47.3. The number of carbonyl (C=O) groups excluding carboxylic acids is 4. The molecule has 104 heavy (non-hydrogen) atoms. The molecular formula is C85H166O17P2. The molecular weight excluding hydrogens is 1350 g/mol. The molecule has 0 fully saturated rings. The summed E-state index contributed by atoms with van der Waals surface area (Å²) in [6, 6.07) is 0. The minimum absolute atomic E-state index is 0.109. The summed E-state index contributed by atoms with van der Waals surface area (Å²) in [6.45, 7) is 5.05. The van der Waals surface area contributed by atoms with Crippen LogP contribution < -0.4 is 0 Å². The van der Waals surface area contributed by atoms with Crippen molar-refractivity contribution >= 4 is 39.5 Å². The van der Waals surface area contributed by atoms with E-state index in [2.05, 4.69) is 27.7 Å². The summed E-state index contributed by atoms with van der Waals surface area (Å²) < 4.78 is 68.9. The monoisotopic (exact) mass is 1520 g/mol. The fourth-order valence-corrected chi connectivity index (χ4v) is 14.9. The number of aliphatic hydroxyl groups is 1. The summed E-state index contributed by atoms with van der Waals surface area (Å²) in [5.74, 6) is -2.10. The van der Waals surface area contributed by atoms with Crippen LogP contribution >= 0.6 is 15.6 Å².